The molecule has 0 N–H and O–H groups in total. The van der Waals surface area contributed by atoms with E-state index in [0.29, 0.717) is 13.0 Å². The van der Waals surface area contributed by atoms with Crippen LogP contribution in [0.4, 0.5) is 0 Å². The zero-order valence-corrected chi connectivity index (χ0v) is 11.3. The van der Waals surface area contributed by atoms with Crippen molar-refractivity contribution in [3.63, 3.8) is 0 Å². The van der Waals surface area contributed by atoms with Crippen molar-refractivity contribution in [2.75, 3.05) is 6.61 Å². The van der Waals surface area contributed by atoms with Crippen molar-refractivity contribution in [3.8, 4) is 0 Å². The number of rotatable bonds is 4. The van der Waals surface area contributed by atoms with E-state index < -0.39 is 6.29 Å². The van der Waals surface area contributed by atoms with E-state index in [0.717, 1.165) is 6.42 Å². The smallest absolute Gasteiger partial charge is 0.304 e. The van der Waals surface area contributed by atoms with Crippen LogP contribution in [-0.2, 0) is 23.7 Å². The van der Waals surface area contributed by atoms with Gasteiger partial charge in [0.15, 0.2) is 6.29 Å². The maximum absolute atomic E-state index is 10.9. The Bertz CT molecular complexity index is 363. The molecule has 0 radical (unpaired) electrons. The molecule has 0 amide bonds. The second kappa shape index (κ2) is 6.84. The van der Waals surface area contributed by atoms with Gasteiger partial charge in [0.2, 0.25) is 6.29 Å². The molecule has 4 atom stereocenters. The van der Waals surface area contributed by atoms with Crippen LogP contribution in [0.15, 0.2) is 24.3 Å². The lowest BCUT2D eigenvalue weighted by molar-refractivity contribution is -0.214. The van der Waals surface area contributed by atoms with Crippen LogP contribution in [0, 0.1) is 0 Å². The summed E-state index contributed by atoms with van der Waals surface area (Å²) in [4.78, 5) is 10.9. The largest absolute Gasteiger partial charge is 0.436 e. The summed E-state index contributed by atoms with van der Waals surface area (Å²) in [6.07, 6.45) is 8.04. The molecule has 0 saturated heterocycles. The predicted molar refractivity (Wildman–Crippen MR) is 68.2 cm³/mol. The fourth-order valence-electron chi connectivity index (χ4n) is 2.02. The standard InChI is InChI=1S/C14H20O5/c1-10(17-13-7-3-4-9-16-13)12-6-5-8-14(19-12)18-11(2)15/h3,5-7,10,12-14H,4,8-9H2,1-2H3/t10-,12-,13?,14?/m0/s1. The number of hydrogen-bond acceptors (Lipinski definition) is 5. The average Bonchev–Trinajstić information content (AvgIpc) is 2.39. The quantitative estimate of drug-likeness (QED) is 0.576. The predicted octanol–water partition coefficient (Wildman–Crippen LogP) is 1.93. The first kappa shape index (κ1) is 14.2. The number of esters is 1. The summed E-state index contributed by atoms with van der Waals surface area (Å²) in [5, 5.41) is 0. The van der Waals surface area contributed by atoms with Crippen molar-refractivity contribution in [3.05, 3.63) is 24.3 Å². The summed E-state index contributed by atoms with van der Waals surface area (Å²) >= 11 is 0. The zero-order chi connectivity index (χ0) is 13.7. The van der Waals surface area contributed by atoms with E-state index in [9.17, 15) is 4.79 Å². The summed E-state index contributed by atoms with van der Waals surface area (Å²) in [6.45, 7) is 3.96. The Morgan fingerprint density at radius 1 is 1.37 bits per heavy atom. The molecular weight excluding hydrogens is 248 g/mol. The highest BCUT2D eigenvalue weighted by Crippen LogP contribution is 2.20. The van der Waals surface area contributed by atoms with Gasteiger partial charge >= 0.3 is 5.97 Å². The van der Waals surface area contributed by atoms with E-state index in [1.54, 1.807) is 0 Å². The molecule has 0 spiro atoms. The van der Waals surface area contributed by atoms with E-state index in [2.05, 4.69) is 0 Å². The van der Waals surface area contributed by atoms with Crippen LogP contribution >= 0.6 is 0 Å². The summed E-state index contributed by atoms with van der Waals surface area (Å²) in [5.41, 5.74) is 0. The third kappa shape index (κ3) is 4.45. The molecule has 0 aromatic carbocycles. The van der Waals surface area contributed by atoms with Crippen molar-refractivity contribution in [1.29, 1.82) is 0 Å². The molecule has 0 aromatic rings. The van der Waals surface area contributed by atoms with Crippen LogP contribution in [0.3, 0.4) is 0 Å². The van der Waals surface area contributed by atoms with Gasteiger partial charge in [-0.3, -0.25) is 4.79 Å². The topological polar surface area (TPSA) is 54.0 Å². The first-order valence-corrected chi connectivity index (χ1v) is 6.58. The Kier molecular flexibility index (Phi) is 5.13. The van der Waals surface area contributed by atoms with Crippen molar-refractivity contribution >= 4 is 5.97 Å². The highest BCUT2D eigenvalue weighted by Gasteiger charge is 2.27. The number of carbonyl (C=O) groups excluding carboxylic acids is 1. The van der Waals surface area contributed by atoms with Gasteiger partial charge in [0.25, 0.3) is 0 Å². The molecule has 2 heterocycles. The molecular formula is C14H20O5. The average molecular weight is 268 g/mol. The van der Waals surface area contributed by atoms with Crippen LogP contribution in [0.1, 0.15) is 26.7 Å². The van der Waals surface area contributed by atoms with Crippen molar-refractivity contribution in [1.82, 2.24) is 0 Å². The van der Waals surface area contributed by atoms with Crippen molar-refractivity contribution in [2.24, 2.45) is 0 Å². The number of carbonyl (C=O) groups is 1. The van der Waals surface area contributed by atoms with Crippen molar-refractivity contribution in [2.45, 2.75) is 51.5 Å². The van der Waals surface area contributed by atoms with Gasteiger partial charge in [0.05, 0.1) is 12.7 Å². The Morgan fingerprint density at radius 2 is 2.21 bits per heavy atom. The minimum Gasteiger partial charge on any atom is -0.436 e. The Hall–Kier alpha value is -1.17. The van der Waals surface area contributed by atoms with E-state index in [1.807, 2.05) is 31.2 Å². The van der Waals surface area contributed by atoms with E-state index in [-0.39, 0.29) is 24.5 Å². The fraction of sp³-hybridized carbons (Fsp3) is 0.643. The van der Waals surface area contributed by atoms with Gasteiger partial charge in [0.1, 0.15) is 6.10 Å². The zero-order valence-electron chi connectivity index (χ0n) is 11.3. The molecule has 0 aromatic heterocycles. The first-order valence-electron chi connectivity index (χ1n) is 6.58. The monoisotopic (exact) mass is 268 g/mol. The van der Waals surface area contributed by atoms with E-state index >= 15 is 0 Å². The van der Waals surface area contributed by atoms with Crippen molar-refractivity contribution < 1.29 is 23.7 Å². The van der Waals surface area contributed by atoms with Crippen LogP contribution < -0.4 is 0 Å². The summed E-state index contributed by atoms with van der Waals surface area (Å²) in [5.74, 6) is -0.342. The second-order valence-corrected chi connectivity index (χ2v) is 4.60. The van der Waals surface area contributed by atoms with Gasteiger partial charge in [-0.15, -0.1) is 0 Å². The molecule has 2 aliphatic rings. The molecule has 0 aliphatic carbocycles. The third-order valence-electron chi connectivity index (χ3n) is 2.93. The summed E-state index contributed by atoms with van der Waals surface area (Å²) in [7, 11) is 0. The van der Waals surface area contributed by atoms with Crippen LogP contribution in [-0.4, -0.2) is 37.4 Å². The van der Waals surface area contributed by atoms with Gasteiger partial charge in [-0.2, -0.15) is 0 Å². The molecule has 0 bridgehead atoms. The maximum atomic E-state index is 10.9. The molecule has 106 valence electrons. The minimum absolute atomic E-state index is 0.178. The molecule has 5 heteroatoms. The molecule has 2 unspecified atom stereocenters. The normalized spacial score (nSPS) is 32.0. The molecule has 0 saturated carbocycles. The molecule has 0 fully saturated rings. The van der Waals surface area contributed by atoms with Gasteiger partial charge in [-0.1, -0.05) is 18.2 Å². The lowest BCUT2D eigenvalue weighted by Crippen LogP contribution is -2.38. The van der Waals surface area contributed by atoms with E-state index in [1.165, 1.54) is 6.92 Å². The minimum atomic E-state index is -0.527. The molecule has 2 aliphatic heterocycles. The Labute approximate surface area is 113 Å². The van der Waals surface area contributed by atoms with E-state index in [4.69, 9.17) is 18.9 Å². The van der Waals surface area contributed by atoms with Gasteiger partial charge < -0.3 is 18.9 Å². The molecule has 2 rings (SSSR count). The van der Waals surface area contributed by atoms with Gasteiger partial charge in [-0.25, -0.2) is 0 Å². The lowest BCUT2D eigenvalue weighted by Gasteiger charge is -2.31. The summed E-state index contributed by atoms with van der Waals surface area (Å²) in [6, 6.07) is 0. The Balaban J connectivity index is 1.84. The van der Waals surface area contributed by atoms with Gasteiger partial charge in [-0.05, 0) is 19.4 Å². The fourth-order valence-corrected chi connectivity index (χ4v) is 2.02. The first-order chi connectivity index (χ1) is 9.15. The lowest BCUT2D eigenvalue weighted by atomic mass is 10.1. The number of hydrogen-bond donors (Lipinski definition) is 0. The Morgan fingerprint density at radius 3 is 2.89 bits per heavy atom. The molecule has 19 heavy (non-hydrogen) atoms. The van der Waals surface area contributed by atoms with Gasteiger partial charge in [0, 0.05) is 13.3 Å². The maximum Gasteiger partial charge on any atom is 0.304 e. The number of ether oxygens (including phenoxy) is 4. The third-order valence-corrected chi connectivity index (χ3v) is 2.93. The molecule has 5 nitrogen and oxygen atoms in total. The van der Waals surface area contributed by atoms with Crippen LogP contribution in [0.25, 0.3) is 0 Å². The highest BCUT2D eigenvalue weighted by atomic mass is 16.7. The highest BCUT2D eigenvalue weighted by molar-refractivity contribution is 5.66. The SMILES string of the molecule is CC(=O)OC1CC=C[C@@H]([C@H](C)OC2C=CCCO2)O1. The van der Waals surface area contributed by atoms with Crippen LogP contribution in [0.2, 0.25) is 0 Å². The van der Waals surface area contributed by atoms with Crippen LogP contribution in [0.5, 0.6) is 0 Å². The second-order valence-electron chi connectivity index (χ2n) is 4.60. The summed E-state index contributed by atoms with van der Waals surface area (Å²) < 4.78 is 21.9.